The molecule has 1 saturated carbocycles. The van der Waals surface area contributed by atoms with Gasteiger partial charge in [0.1, 0.15) is 34.7 Å². The first-order valence-corrected chi connectivity index (χ1v) is 23.5. The molecule has 65 heavy (non-hydrogen) atoms. The van der Waals surface area contributed by atoms with Crippen molar-refractivity contribution in [3.05, 3.63) is 81.3 Å². The molecule has 4 aliphatic heterocycles. The lowest BCUT2D eigenvalue weighted by atomic mass is 9.63. The molecule has 8 atom stereocenters. The van der Waals surface area contributed by atoms with Gasteiger partial charge in [0, 0.05) is 85.9 Å². The SMILES string of the molecule is CCOC(=O)C1=C(C=O)C2=C3CC(CO)C(=O)C(C3)c3cc4cc[nH]c4cc3CCC(CO)COc3c4c(c(CO)c(c32)O1)OC(C1(O)CC=CC2C(CC)N(CCCOC)CCC21)C4. The van der Waals surface area contributed by atoms with E-state index in [0.29, 0.717) is 60.2 Å². The summed E-state index contributed by atoms with van der Waals surface area (Å²) in [6.45, 7) is 5.00. The van der Waals surface area contributed by atoms with Crippen LogP contribution in [0.25, 0.3) is 16.5 Å². The number of carbonyl (C=O) groups excluding carboxylic acids is 3. The first-order chi connectivity index (χ1) is 31.6. The van der Waals surface area contributed by atoms with Gasteiger partial charge in [0.15, 0.2) is 6.29 Å². The van der Waals surface area contributed by atoms with Crippen molar-refractivity contribution < 1.29 is 58.5 Å². The summed E-state index contributed by atoms with van der Waals surface area (Å²) in [5, 5.41) is 47.1. The molecular formula is C51H62N2O12. The zero-order valence-corrected chi connectivity index (χ0v) is 37.6. The van der Waals surface area contributed by atoms with E-state index >= 15 is 0 Å². The third-order valence-corrected chi connectivity index (χ3v) is 15.2. The number of ether oxygens (including phenoxy) is 5. The molecule has 6 aliphatic rings. The molecule has 2 bridgehead atoms. The summed E-state index contributed by atoms with van der Waals surface area (Å²) in [5.74, 6) is -2.81. The van der Waals surface area contributed by atoms with E-state index in [2.05, 4.69) is 29.0 Å². The highest BCUT2D eigenvalue weighted by atomic mass is 16.6. The number of carbonyl (C=O) groups is 3. The quantitative estimate of drug-likeness (QED) is 0.0685. The Morgan fingerprint density at radius 3 is 2.66 bits per heavy atom. The maximum atomic E-state index is 14.5. The second-order valence-electron chi connectivity index (χ2n) is 18.7. The first-order valence-electron chi connectivity index (χ1n) is 23.5. The molecule has 2 aliphatic carbocycles. The number of aliphatic hydroxyl groups is 4. The van der Waals surface area contributed by atoms with E-state index in [1.807, 2.05) is 24.4 Å². The summed E-state index contributed by atoms with van der Waals surface area (Å²) < 4.78 is 31.2. The molecular weight excluding hydrogens is 833 g/mol. The van der Waals surface area contributed by atoms with Gasteiger partial charge in [-0.25, -0.2) is 4.79 Å². The number of esters is 1. The Labute approximate surface area is 379 Å². The van der Waals surface area contributed by atoms with E-state index in [1.54, 1.807) is 14.0 Å². The van der Waals surface area contributed by atoms with Crippen LogP contribution in [0, 0.1) is 23.7 Å². The lowest BCUT2D eigenvalue weighted by Gasteiger charge is -2.53. The standard InChI is InChI=1S/C51H62N2O12/c1-4-41-33-8-6-13-51(60,39(33)12-16-53(41)15-7-17-61-3)42-22-36-46(64-42)38(26-57)48-44-43(37(25-56)49(65-48)50(59)62-5-2)31-18-32(24-55)45(58)35(20-31)34-19-30-11-14-52-40(30)21-29(34)10-9-28(23-54)27-63-47(36)44/h6,8,11,14,19,21,25,28,32-33,35,39,41-42,52,54-55,57,60H,4-5,7,9-10,12-13,15-18,20,22-24,26-27H2,1-3H3. The molecule has 2 fully saturated rings. The van der Waals surface area contributed by atoms with Crippen LogP contribution in [0.3, 0.4) is 0 Å². The largest absolute Gasteiger partial charge is 0.492 e. The van der Waals surface area contributed by atoms with Gasteiger partial charge in [0.2, 0.25) is 5.76 Å². The second kappa shape index (κ2) is 18.8. The van der Waals surface area contributed by atoms with E-state index in [-0.39, 0.29) is 97.1 Å². The average Bonchev–Trinajstić information content (AvgIpc) is 3.98. The van der Waals surface area contributed by atoms with Gasteiger partial charge in [-0.1, -0.05) is 24.6 Å². The number of allylic oxidation sites excluding steroid dienone is 3. The predicted octanol–water partition coefficient (Wildman–Crippen LogP) is 5.26. The van der Waals surface area contributed by atoms with Gasteiger partial charge in [0.25, 0.3) is 0 Å². The van der Waals surface area contributed by atoms with Crippen molar-refractivity contribution in [3.63, 3.8) is 0 Å². The molecule has 5 N–H and O–H groups in total. The van der Waals surface area contributed by atoms with E-state index < -0.39 is 42.7 Å². The number of aryl methyl sites for hydroxylation is 1. The minimum atomic E-state index is -1.31. The van der Waals surface area contributed by atoms with Gasteiger partial charge < -0.3 is 49.1 Å². The number of rotatable bonds is 12. The molecule has 5 heterocycles. The minimum absolute atomic E-state index is 0.0120. The molecule has 348 valence electrons. The molecule has 14 nitrogen and oxygen atoms in total. The molecule has 3 aromatic rings. The Morgan fingerprint density at radius 1 is 1.08 bits per heavy atom. The van der Waals surface area contributed by atoms with Crippen molar-refractivity contribution in [2.75, 3.05) is 53.2 Å². The zero-order chi connectivity index (χ0) is 45.6. The Hall–Kier alpha value is -4.83. The molecule has 14 heteroatoms. The molecule has 8 unspecified atom stereocenters. The number of aromatic nitrogens is 1. The van der Waals surface area contributed by atoms with Crippen LogP contribution in [-0.4, -0.2) is 119 Å². The zero-order valence-electron chi connectivity index (χ0n) is 37.6. The lowest BCUT2D eigenvalue weighted by Crippen LogP contribution is -2.61. The van der Waals surface area contributed by atoms with E-state index in [0.717, 1.165) is 54.4 Å². The second-order valence-corrected chi connectivity index (χ2v) is 18.7. The molecule has 1 saturated heterocycles. The summed E-state index contributed by atoms with van der Waals surface area (Å²) in [6.07, 6.45) is 10.3. The predicted molar refractivity (Wildman–Crippen MR) is 240 cm³/mol. The number of aliphatic hydroxyl groups excluding tert-OH is 3. The van der Waals surface area contributed by atoms with E-state index in [9.17, 15) is 34.8 Å². The number of ketones is 1. The highest BCUT2D eigenvalue weighted by Gasteiger charge is 2.56. The Kier molecular flexibility index (Phi) is 13.1. The number of aromatic amines is 1. The van der Waals surface area contributed by atoms with Crippen LogP contribution in [0.5, 0.6) is 17.2 Å². The summed E-state index contributed by atoms with van der Waals surface area (Å²) in [5.41, 5.74) is 3.24. The molecule has 2 aromatic carbocycles. The number of hydrogen-bond acceptors (Lipinski definition) is 13. The van der Waals surface area contributed by atoms with Crippen molar-refractivity contribution in [3.8, 4) is 17.2 Å². The molecule has 1 aromatic heterocycles. The summed E-state index contributed by atoms with van der Waals surface area (Å²) in [7, 11) is 1.71. The number of nitrogens with one attached hydrogen (secondary N) is 1. The lowest BCUT2D eigenvalue weighted by molar-refractivity contribution is -0.141. The first kappa shape index (κ1) is 45.3. The molecule has 0 radical (unpaired) electrons. The van der Waals surface area contributed by atoms with Gasteiger partial charge in [-0.15, -0.1) is 0 Å². The highest BCUT2D eigenvalue weighted by Crippen LogP contribution is 2.58. The normalized spacial score (nSPS) is 28.7. The maximum Gasteiger partial charge on any atom is 0.375 e. The number of methoxy groups -OCH3 is 1. The van der Waals surface area contributed by atoms with Crippen molar-refractivity contribution in [2.24, 2.45) is 23.7 Å². The van der Waals surface area contributed by atoms with Gasteiger partial charge in [0.05, 0.1) is 43.1 Å². The van der Waals surface area contributed by atoms with Crippen molar-refractivity contribution in [1.82, 2.24) is 9.88 Å². The van der Waals surface area contributed by atoms with Crippen molar-refractivity contribution >= 4 is 34.5 Å². The fourth-order valence-corrected chi connectivity index (χ4v) is 12.0. The highest BCUT2D eigenvalue weighted by molar-refractivity contribution is 6.11. The number of likely N-dealkylation sites (tertiary alicyclic amines) is 1. The van der Waals surface area contributed by atoms with Crippen LogP contribution >= 0.6 is 0 Å². The Morgan fingerprint density at radius 2 is 1.92 bits per heavy atom. The number of hydrogen-bond donors (Lipinski definition) is 5. The topological polar surface area (TPSA) is 197 Å². The third-order valence-electron chi connectivity index (χ3n) is 15.2. The Balaban J connectivity index is 1.23. The number of benzene rings is 2. The van der Waals surface area contributed by atoms with Crippen LogP contribution < -0.4 is 14.2 Å². The van der Waals surface area contributed by atoms with Crippen LogP contribution in [0.2, 0.25) is 0 Å². The van der Waals surface area contributed by atoms with E-state index in [4.69, 9.17) is 23.7 Å². The number of piperidine rings is 1. The van der Waals surface area contributed by atoms with Crippen LogP contribution in [0.4, 0.5) is 0 Å². The van der Waals surface area contributed by atoms with Gasteiger partial charge in [-0.2, -0.15) is 0 Å². The maximum absolute atomic E-state index is 14.5. The summed E-state index contributed by atoms with van der Waals surface area (Å²) >= 11 is 0. The summed E-state index contributed by atoms with van der Waals surface area (Å²) in [6, 6.07) is 6.21. The van der Waals surface area contributed by atoms with Gasteiger partial charge in [-0.3, -0.25) is 14.5 Å². The number of fused-ring (bicyclic) bond motifs is 8. The third kappa shape index (κ3) is 7.83. The Bertz CT molecular complexity index is 2430. The fraction of sp³-hybridized carbons (Fsp3) is 0.549. The molecule has 9 rings (SSSR count). The van der Waals surface area contributed by atoms with Crippen LogP contribution in [-0.2, 0) is 43.3 Å². The van der Waals surface area contributed by atoms with Crippen LogP contribution in [0.1, 0.15) is 92.5 Å². The minimum Gasteiger partial charge on any atom is -0.492 e. The number of Topliss-reactive ketones (excluding diaryl/α,β-unsaturated/α-hetero) is 1. The van der Waals surface area contributed by atoms with Gasteiger partial charge in [-0.05, 0) is 105 Å². The number of nitrogens with zero attached hydrogens (tertiary/aromatic N) is 1. The van der Waals surface area contributed by atoms with Gasteiger partial charge >= 0.3 is 5.97 Å². The fourth-order valence-electron chi connectivity index (χ4n) is 12.0. The molecule has 0 spiro atoms. The number of aldehydes is 1. The van der Waals surface area contributed by atoms with Crippen molar-refractivity contribution in [2.45, 2.75) is 102 Å². The monoisotopic (exact) mass is 894 g/mol. The van der Waals surface area contributed by atoms with E-state index in [1.165, 1.54) is 0 Å². The van der Waals surface area contributed by atoms with Crippen molar-refractivity contribution in [1.29, 1.82) is 0 Å². The summed E-state index contributed by atoms with van der Waals surface area (Å²) in [4.78, 5) is 47.8. The number of H-pyrrole nitrogens is 1. The molecule has 0 amide bonds. The average molecular weight is 895 g/mol. The smallest absolute Gasteiger partial charge is 0.375 e. The van der Waals surface area contributed by atoms with Crippen LogP contribution in [0.15, 0.2) is 53.5 Å².